The van der Waals surface area contributed by atoms with Gasteiger partial charge in [0.1, 0.15) is 12.4 Å². The van der Waals surface area contributed by atoms with Crippen molar-refractivity contribution in [2.75, 3.05) is 26.2 Å². The molecule has 7 heteroatoms. The topological polar surface area (TPSA) is 49.9 Å². The predicted octanol–water partition coefficient (Wildman–Crippen LogP) is 4.16. The van der Waals surface area contributed by atoms with Gasteiger partial charge in [-0.3, -0.25) is 9.59 Å². The van der Waals surface area contributed by atoms with Gasteiger partial charge in [0.2, 0.25) is 11.8 Å². The summed E-state index contributed by atoms with van der Waals surface area (Å²) >= 11 is 7.66. The smallest absolute Gasteiger partial charge is 0.242 e. The van der Waals surface area contributed by atoms with Gasteiger partial charge in [-0.15, -0.1) is 11.3 Å². The Morgan fingerprint density at radius 1 is 1.29 bits per heavy atom. The third-order valence-corrected chi connectivity index (χ3v) is 6.15. The van der Waals surface area contributed by atoms with Crippen LogP contribution in [-0.4, -0.2) is 47.9 Å². The fourth-order valence-corrected chi connectivity index (χ4v) is 4.51. The van der Waals surface area contributed by atoms with Crippen molar-refractivity contribution >= 4 is 34.8 Å². The summed E-state index contributed by atoms with van der Waals surface area (Å²) in [5.74, 6) is 0.609. The summed E-state index contributed by atoms with van der Waals surface area (Å²) in [5, 5.41) is 2.72. The summed E-state index contributed by atoms with van der Waals surface area (Å²) in [7, 11) is 0. The van der Waals surface area contributed by atoms with Crippen molar-refractivity contribution in [2.24, 2.45) is 0 Å². The monoisotopic (exact) mass is 420 g/mol. The van der Waals surface area contributed by atoms with Gasteiger partial charge in [-0.25, -0.2) is 0 Å². The second-order valence-corrected chi connectivity index (χ2v) is 8.29. The predicted molar refractivity (Wildman–Crippen MR) is 112 cm³/mol. The number of rotatable bonds is 7. The minimum absolute atomic E-state index is 0.0368. The summed E-state index contributed by atoms with van der Waals surface area (Å²) in [4.78, 5) is 29.7. The normalized spacial score (nSPS) is 15.8. The number of nitrogens with zero attached hydrogens (tertiary/aromatic N) is 2. The molecule has 1 aliphatic heterocycles. The van der Waals surface area contributed by atoms with E-state index in [0.717, 1.165) is 24.2 Å². The molecule has 1 aromatic carbocycles. The third kappa shape index (κ3) is 4.86. The first-order valence-corrected chi connectivity index (χ1v) is 10.7. The number of hydrogen-bond acceptors (Lipinski definition) is 4. The zero-order valence-electron chi connectivity index (χ0n) is 16.2. The molecule has 150 valence electrons. The molecule has 1 atom stereocenters. The molecular weight excluding hydrogens is 396 g/mol. The van der Waals surface area contributed by atoms with Gasteiger partial charge < -0.3 is 14.5 Å². The molecule has 0 fully saturated rings. The number of hydrogen-bond donors (Lipinski definition) is 0. The van der Waals surface area contributed by atoms with Crippen LogP contribution in [0.3, 0.4) is 0 Å². The Kier molecular flexibility index (Phi) is 6.97. The van der Waals surface area contributed by atoms with Gasteiger partial charge >= 0.3 is 0 Å². The maximum atomic E-state index is 13.0. The fourth-order valence-electron chi connectivity index (χ4n) is 3.45. The van der Waals surface area contributed by atoms with Crippen molar-refractivity contribution in [1.29, 1.82) is 0 Å². The van der Waals surface area contributed by atoms with Crippen molar-refractivity contribution in [3.05, 3.63) is 51.2 Å². The zero-order chi connectivity index (χ0) is 20.1. The van der Waals surface area contributed by atoms with Crippen molar-refractivity contribution in [3.63, 3.8) is 0 Å². The molecule has 0 unspecified atom stereocenters. The molecule has 3 rings (SSSR count). The van der Waals surface area contributed by atoms with E-state index in [1.54, 1.807) is 28.4 Å². The van der Waals surface area contributed by atoms with Crippen LogP contribution in [-0.2, 0) is 16.0 Å². The number of amides is 2. The molecule has 0 spiro atoms. The van der Waals surface area contributed by atoms with Gasteiger partial charge in [-0.1, -0.05) is 18.5 Å². The maximum Gasteiger partial charge on any atom is 0.242 e. The Balaban J connectivity index is 1.75. The van der Waals surface area contributed by atoms with E-state index >= 15 is 0 Å². The number of halogens is 1. The summed E-state index contributed by atoms with van der Waals surface area (Å²) in [6.45, 7) is 5.22. The summed E-state index contributed by atoms with van der Waals surface area (Å²) < 4.78 is 5.98. The minimum Gasteiger partial charge on any atom is -0.491 e. The summed E-state index contributed by atoms with van der Waals surface area (Å²) in [6, 6.07) is 9.13. The number of thiophene rings is 1. The molecule has 0 bridgehead atoms. The first-order chi connectivity index (χ1) is 13.5. The molecule has 2 amide bonds. The van der Waals surface area contributed by atoms with Crippen LogP contribution in [0.15, 0.2) is 35.7 Å². The van der Waals surface area contributed by atoms with Crippen molar-refractivity contribution in [3.8, 4) is 5.75 Å². The van der Waals surface area contributed by atoms with Crippen LogP contribution >= 0.6 is 22.9 Å². The summed E-state index contributed by atoms with van der Waals surface area (Å²) in [5.41, 5.74) is 1.14. The van der Waals surface area contributed by atoms with Gasteiger partial charge in [-0.05, 0) is 54.1 Å². The van der Waals surface area contributed by atoms with Crippen LogP contribution in [0.5, 0.6) is 5.75 Å². The van der Waals surface area contributed by atoms with Crippen LogP contribution in [0.2, 0.25) is 5.02 Å². The quantitative estimate of drug-likeness (QED) is 0.675. The highest BCUT2D eigenvalue weighted by Crippen LogP contribution is 2.34. The lowest BCUT2D eigenvalue weighted by atomic mass is 10.0. The van der Waals surface area contributed by atoms with Gasteiger partial charge in [0.25, 0.3) is 0 Å². The molecule has 0 saturated heterocycles. The van der Waals surface area contributed by atoms with Gasteiger partial charge in [0.05, 0.1) is 12.6 Å². The van der Waals surface area contributed by atoms with Gasteiger partial charge in [0, 0.05) is 29.9 Å². The average Bonchev–Trinajstić information content (AvgIpc) is 3.15. The fraction of sp³-hybridized carbons (Fsp3) is 0.429. The molecule has 0 aliphatic carbocycles. The number of benzene rings is 1. The Morgan fingerprint density at radius 3 is 2.71 bits per heavy atom. The molecule has 1 aliphatic rings. The second kappa shape index (κ2) is 9.43. The SMILES string of the molecule is CCCN(CC(=O)N1CCc2sccc2[C@H]1COc1ccc(Cl)cc1)C(C)=O. The maximum absolute atomic E-state index is 13.0. The zero-order valence-corrected chi connectivity index (χ0v) is 17.8. The van der Waals surface area contributed by atoms with Crippen LogP contribution in [0.1, 0.15) is 36.8 Å². The van der Waals surface area contributed by atoms with E-state index in [1.807, 2.05) is 24.0 Å². The van der Waals surface area contributed by atoms with E-state index in [9.17, 15) is 9.59 Å². The first-order valence-electron chi connectivity index (χ1n) is 9.49. The molecule has 2 heterocycles. The number of carbonyl (C=O) groups excluding carboxylic acids is 2. The lowest BCUT2D eigenvalue weighted by Crippen LogP contribution is -2.47. The molecule has 0 radical (unpaired) electrons. The van der Waals surface area contributed by atoms with Crippen LogP contribution in [0, 0.1) is 0 Å². The lowest BCUT2D eigenvalue weighted by molar-refractivity contribution is -0.141. The Labute approximate surface area is 174 Å². The standard InChI is InChI=1S/C21H25ClN2O3S/c1-3-10-23(15(2)25)13-21(26)24-11-8-20-18(9-12-28-20)19(24)14-27-17-6-4-16(22)5-7-17/h4-7,9,12,19H,3,8,10-11,13-14H2,1-2H3/t19-/m1/s1. The third-order valence-electron chi connectivity index (χ3n) is 4.90. The minimum atomic E-state index is -0.159. The van der Waals surface area contributed by atoms with E-state index < -0.39 is 0 Å². The number of fused-ring (bicyclic) bond motifs is 1. The molecule has 1 aromatic heterocycles. The highest BCUT2D eigenvalue weighted by atomic mass is 35.5. The number of carbonyl (C=O) groups is 2. The van der Waals surface area contributed by atoms with Gasteiger partial charge in [0.15, 0.2) is 0 Å². The van der Waals surface area contributed by atoms with E-state index in [0.29, 0.717) is 24.7 Å². The van der Waals surface area contributed by atoms with Crippen molar-refractivity contribution in [2.45, 2.75) is 32.7 Å². The van der Waals surface area contributed by atoms with Crippen LogP contribution < -0.4 is 4.74 Å². The van der Waals surface area contributed by atoms with E-state index in [1.165, 1.54) is 11.8 Å². The molecule has 0 saturated carbocycles. The van der Waals surface area contributed by atoms with Crippen molar-refractivity contribution < 1.29 is 14.3 Å². The average molecular weight is 421 g/mol. The van der Waals surface area contributed by atoms with E-state index in [4.69, 9.17) is 16.3 Å². The highest BCUT2D eigenvalue weighted by Gasteiger charge is 2.33. The van der Waals surface area contributed by atoms with Crippen molar-refractivity contribution in [1.82, 2.24) is 9.80 Å². The largest absolute Gasteiger partial charge is 0.491 e. The Morgan fingerprint density at radius 2 is 2.04 bits per heavy atom. The summed E-state index contributed by atoms with van der Waals surface area (Å²) in [6.07, 6.45) is 1.66. The first kappa shape index (κ1) is 20.7. The van der Waals surface area contributed by atoms with E-state index in [-0.39, 0.29) is 24.4 Å². The Bertz CT molecular complexity index is 821. The molecule has 5 nitrogen and oxygen atoms in total. The molecule has 28 heavy (non-hydrogen) atoms. The lowest BCUT2D eigenvalue weighted by Gasteiger charge is -2.37. The molecule has 0 N–H and O–H groups in total. The molecule has 2 aromatic rings. The van der Waals surface area contributed by atoms with Crippen LogP contribution in [0.4, 0.5) is 0 Å². The van der Waals surface area contributed by atoms with Gasteiger partial charge in [-0.2, -0.15) is 0 Å². The highest BCUT2D eigenvalue weighted by molar-refractivity contribution is 7.10. The second-order valence-electron chi connectivity index (χ2n) is 6.86. The Hall–Kier alpha value is -2.05. The number of ether oxygens (including phenoxy) is 1. The van der Waals surface area contributed by atoms with E-state index in [2.05, 4.69) is 11.4 Å². The molecular formula is C21H25ClN2O3S. The van der Waals surface area contributed by atoms with Crippen LogP contribution in [0.25, 0.3) is 0 Å².